The van der Waals surface area contributed by atoms with Crippen molar-refractivity contribution < 1.29 is 4.79 Å². The fourth-order valence-electron chi connectivity index (χ4n) is 3.16. The Morgan fingerprint density at radius 2 is 1.71 bits per heavy atom. The zero-order chi connectivity index (χ0) is 16.8. The molecule has 0 aliphatic carbocycles. The predicted octanol–water partition coefficient (Wildman–Crippen LogP) is 1.47. The highest BCUT2D eigenvalue weighted by Crippen LogP contribution is 2.19. The van der Waals surface area contributed by atoms with Crippen LogP contribution in [0.3, 0.4) is 0 Å². The van der Waals surface area contributed by atoms with E-state index in [9.17, 15) is 4.79 Å². The molecule has 2 N–H and O–H groups in total. The van der Waals surface area contributed by atoms with Gasteiger partial charge in [0, 0.05) is 51.7 Å². The number of pyridine rings is 1. The Labute approximate surface area is 143 Å². The number of benzene rings is 1. The van der Waals surface area contributed by atoms with E-state index < -0.39 is 0 Å². The SMILES string of the molecule is NCC(C(=O)N1CCN(Cc2ccncc2)CC1)c1ccccc1. The normalized spacial score (nSPS) is 16.8. The molecule has 1 unspecified atom stereocenters. The minimum absolute atomic E-state index is 0.146. The summed E-state index contributed by atoms with van der Waals surface area (Å²) in [5, 5.41) is 0. The summed E-state index contributed by atoms with van der Waals surface area (Å²) >= 11 is 0. The molecule has 1 atom stereocenters. The quantitative estimate of drug-likeness (QED) is 0.905. The molecule has 0 spiro atoms. The molecule has 1 aliphatic heterocycles. The Bertz CT molecular complexity index is 639. The summed E-state index contributed by atoms with van der Waals surface area (Å²) < 4.78 is 0. The first-order valence-electron chi connectivity index (χ1n) is 8.43. The highest BCUT2D eigenvalue weighted by atomic mass is 16.2. The zero-order valence-electron chi connectivity index (χ0n) is 13.8. The van der Waals surface area contributed by atoms with Gasteiger partial charge in [0.05, 0.1) is 5.92 Å². The van der Waals surface area contributed by atoms with Crippen LogP contribution in [0.15, 0.2) is 54.9 Å². The smallest absolute Gasteiger partial charge is 0.231 e. The molecule has 3 rings (SSSR count). The molecule has 0 saturated carbocycles. The number of aromatic nitrogens is 1. The van der Waals surface area contributed by atoms with Gasteiger partial charge in [-0.05, 0) is 23.3 Å². The van der Waals surface area contributed by atoms with Crippen molar-refractivity contribution in [2.75, 3.05) is 32.7 Å². The fourth-order valence-corrected chi connectivity index (χ4v) is 3.16. The first-order chi connectivity index (χ1) is 11.8. The summed E-state index contributed by atoms with van der Waals surface area (Å²) in [7, 11) is 0. The second-order valence-corrected chi connectivity index (χ2v) is 6.16. The van der Waals surface area contributed by atoms with Crippen molar-refractivity contribution in [2.45, 2.75) is 12.5 Å². The molecule has 1 aromatic carbocycles. The number of amides is 1. The third-order valence-electron chi connectivity index (χ3n) is 4.58. The largest absolute Gasteiger partial charge is 0.340 e. The van der Waals surface area contributed by atoms with Gasteiger partial charge in [-0.25, -0.2) is 0 Å². The number of nitrogens with zero attached hydrogens (tertiary/aromatic N) is 3. The van der Waals surface area contributed by atoms with E-state index in [0.717, 1.165) is 38.3 Å². The molecule has 5 nitrogen and oxygen atoms in total. The molecule has 126 valence electrons. The fraction of sp³-hybridized carbons (Fsp3) is 0.368. The van der Waals surface area contributed by atoms with Crippen LogP contribution in [0.1, 0.15) is 17.0 Å². The lowest BCUT2D eigenvalue weighted by molar-refractivity contribution is -0.134. The van der Waals surface area contributed by atoms with Crippen molar-refractivity contribution in [1.29, 1.82) is 0 Å². The Morgan fingerprint density at radius 3 is 2.33 bits per heavy atom. The van der Waals surface area contributed by atoms with E-state index in [4.69, 9.17) is 5.73 Å². The second kappa shape index (κ2) is 8.04. The average molecular weight is 324 g/mol. The second-order valence-electron chi connectivity index (χ2n) is 6.16. The molecule has 24 heavy (non-hydrogen) atoms. The molecule has 1 amide bonds. The molecule has 0 bridgehead atoms. The van der Waals surface area contributed by atoms with Crippen LogP contribution in [0, 0.1) is 0 Å². The van der Waals surface area contributed by atoms with Gasteiger partial charge in [-0.15, -0.1) is 0 Å². The van der Waals surface area contributed by atoms with Gasteiger partial charge in [-0.1, -0.05) is 30.3 Å². The Morgan fingerprint density at radius 1 is 1.04 bits per heavy atom. The van der Waals surface area contributed by atoms with Crippen LogP contribution < -0.4 is 5.73 Å². The van der Waals surface area contributed by atoms with Crippen molar-refractivity contribution in [1.82, 2.24) is 14.8 Å². The summed E-state index contributed by atoms with van der Waals surface area (Å²) in [6.45, 7) is 4.55. The van der Waals surface area contributed by atoms with Gasteiger partial charge in [0.15, 0.2) is 0 Å². The summed E-state index contributed by atoms with van der Waals surface area (Å²) in [5.41, 5.74) is 8.14. The first-order valence-corrected chi connectivity index (χ1v) is 8.43. The monoisotopic (exact) mass is 324 g/mol. The summed E-state index contributed by atoms with van der Waals surface area (Å²) in [5.74, 6) is -0.0924. The Balaban J connectivity index is 1.56. The van der Waals surface area contributed by atoms with Crippen LogP contribution in [0.4, 0.5) is 0 Å². The van der Waals surface area contributed by atoms with Crippen LogP contribution in [-0.2, 0) is 11.3 Å². The average Bonchev–Trinajstić information content (AvgIpc) is 2.65. The van der Waals surface area contributed by atoms with Crippen molar-refractivity contribution >= 4 is 5.91 Å². The maximum atomic E-state index is 12.8. The van der Waals surface area contributed by atoms with E-state index in [1.54, 1.807) is 0 Å². The van der Waals surface area contributed by atoms with Gasteiger partial charge in [0.1, 0.15) is 0 Å². The molecule has 2 heterocycles. The number of hydrogen-bond acceptors (Lipinski definition) is 4. The highest BCUT2D eigenvalue weighted by Gasteiger charge is 2.27. The lowest BCUT2D eigenvalue weighted by Gasteiger charge is -2.36. The Kier molecular flexibility index (Phi) is 5.56. The maximum absolute atomic E-state index is 12.8. The molecule has 1 aliphatic rings. The van der Waals surface area contributed by atoms with Crippen LogP contribution in [0.5, 0.6) is 0 Å². The molecule has 2 aromatic rings. The van der Waals surface area contributed by atoms with Crippen LogP contribution in [0.25, 0.3) is 0 Å². The lowest BCUT2D eigenvalue weighted by Crippen LogP contribution is -2.50. The molecular weight excluding hydrogens is 300 g/mol. The summed E-state index contributed by atoms with van der Waals surface area (Å²) in [4.78, 5) is 21.2. The van der Waals surface area contributed by atoms with Gasteiger partial charge in [-0.2, -0.15) is 0 Å². The van der Waals surface area contributed by atoms with Crippen molar-refractivity contribution in [3.05, 3.63) is 66.0 Å². The number of rotatable bonds is 5. The maximum Gasteiger partial charge on any atom is 0.231 e. The van der Waals surface area contributed by atoms with Crippen molar-refractivity contribution in [3.8, 4) is 0 Å². The third kappa shape index (κ3) is 3.99. The zero-order valence-corrected chi connectivity index (χ0v) is 13.8. The standard InChI is InChI=1S/C19H24N4O/c20-14-18(17-4-2-1-3-5-17)19(24)23-12-10-22(11-13-23)15-16-6-8-21-9-7-16/h1-9,18H,10-15,20H2. The number of carbonyl (C=O) groups is 1. The molecule has 5 heteroatoms. The van der Waals surface area contributed by atoms with E-state index in [1.807, 2.05) is 59.8 Å². The van der Waals surface area contributed by atoms with Gasteiger partial charge in [-0.3, -0.25) is 14.7 Å². The molecule has 1 saturated heterocycles. The van der Waals surface area contributed by atoms with Gasteiger partial charge < -0.3 is 10.6 Å². The van der Waals surface area contributed by atoms with E-state index in [0.29, 0.717) is 6.54 Å². The first kappa shape index (κ1) is 16.6. The minimum Gasteiger partial charge on any atom is -0.340 e. The van der Waals surface area contributed by atoms with Crippen LogP contribution >= 0.6 is 0 Å². The topological polar surface area (TPSA) is 62.5 Å². The van der Waals surface area contributed by atoms with Crippen molar-refractivity contribution in [3.63, 3.8) is 0 Å². The lowest BCUT2D eigenvalue weighted by atomic mass is 9.97. The highest BCUT2D eigenvalue weighted by molar-refractivity contribution is 5.84. The molecular formula is C19H24N4O. The van der Waals surface area contributed by atoms with Gasteiger partial charge in [0.2, 0.25) is 5.91 Å². The number of nitrogens with two attached hydrogens (primary N) is 1. The number of carbonyl (C=O) groups excluding carboxylic acids is 1. The number of piperazine rings is 1. The van der Waals surface area contributed by atoms with E-state index in [1.165, 1.54) is 5.56 Å². The predicted molar refractivity (Wildman–Crippen MR) is 94.3 cm³/mol. The summed E-state index contributed by atoms with van der Waals surface area (Å²) in [6.07, 6.45) is 3.64. The molecule has 1 fully saturated rings. The van der Waals surface area contributed by atoms with Gasteiger partial charge >= 0.3 is 0 Å². The van der Waals surface area contributed by atoms with E-state index in [-0.39, 0.29) is 11.8 Å². The minimum atomic E-state index is -0.238. The van der Waals surface area contributed by atoms with Gasteiger partial charge in [0.25, 0.3) is 0 Å². The van der Waals surface area contributed by atoms with E-state index in [2.05, 4.69) is 9.88 Å². The van der Waals surface area contributed by atoms with Crippen molar-refractivity contribution in [2.24, 2.45) is 5.73 Å². The van der Waals surface area contributed by atoms with Crippen LogP contribution in [0.2, 0.25) is 0 Å². The van der Waals surface area contributed by atoms with Crippen LogP contribution in [-0.4, -0.2) is 53.4 Å². The number of hydrogen-bond donors (Lipinski definition) is 1. The third-order valence-corrected chi connectivity index (χ3v) is 4.58. The molecule has 0 radical (unpaired) electrons. The summed E-state index contributed by atoms with van der Waals surface area (Å²) in [6, 6.07) is 13.9. The van der Waals surface area contributed by atoms with E-state index >= 15 is 0 Å². The molecule has 1 aromatic heterocycles. The Hall–Kier alpha value is -2.24.